The van der Waals surface area contributed by atoms with Crippen LogP contribution < -0.4 is 4.72 Å². The molecule has 11 heteroatoms. The molecular weight excluding hydrogens is 361 g/mol. The molecule has 0 atom stereocenters. The van der Waals surface area contributed by atoms with Gasteiger partial charge in [0.25, 0.3) is 0 Å². The molecule has 0 saturated heterocycles. The largest absolute Gasteiger partial charge is 0.516 e. The van der Waals surface area contributed by atoms with Crippen LogP contribution in [0.15, 0.2) is 23.4 Å². The highest BCUT2D eigenvalue weighted by atomic mass is 35.5. The van der Waals surface area contributed by atoms with Crippen LogP contribution in [-0.2, 0) is 19.6 Å². The Labute approximate surface area is 136 Å². The number of methoxy groups -OCH3 is 1. The summed E-state index contributed by atoms with van der Waals surface area (Å²) in [6.07, 6.45) is 0. The molecule has 6 nitrogen and oxygen atoms in total. The quantitative estimate of drug-likeness (QED) is 0.452. The van der Waals surface area contributed by atoms with E-state index in [1.54, 1.807) is 0 Å². The molecule has 0 bridgehead atoms. The summed E-state index contributed by atoms with van der Waals surface area (Å²) in [7, 11) is -4.10. The molecule has 0 spiro atoms. The third-order valence-electron chi connectivity index (χ3n) is 2.50. The Hall–Kier alpha value is -1.52. The van der Waals surface area contributed by atoms with E-state index in [1.807, 2.05) is 0 Å². The molecule has 1 rings (SSSR count). The molecule has 0 heterocycles. The Bertz CT molecular complexity index is 677. The van der Waals surface area contributed by atoms with Gasteiger partial charge in [0.2, 0.25) is 0 Å². The number of alkyl halides is 3. The summed E-state index contributed by atoms with van der Waals surface area (Å²) in [6.45, 7) is 1.82. The Balaban J connectivity index is 3.11. The van der Waals surface area contributed by atoms with Gasteiger partial charge in [-0.3, -0.25) is 4.72 Å². The predicted octanol–water partition coefficient (Wildman–Crippen LogP) is 2.99. The zero-order valence-corrected chi connectivity index (χ0v) is 13.7. The first-order chi connectivity index (χ1) is 10.6. The minimum absolute atomic E-state index is 0.0581. The Morgan fingerprint density at radius 3 is 2.57 bits per heavy atom. The van der Waals surface area contributed by atoms with Crippen LogP contribution in [-0.4, -0.2) is 40.0 Å². The topological polar surface area (TPSA) is 77.0 Å². The van der Waals surface area contributed by atoms with Gasteiger partial charge in [0.05, 0.1) is 18.0 Å². The van der Waals surface area contributed by atoms with E-state index < -0.39 is 15.5 Å². The third kappa shape index (κ3) is 5.56. The van der Waals surface area contributed by atoms with E-state index in [2.05, 4.69) is 5.16 Å². The highest BCUT2D eigenvalue weighted by Gasteiger charge is 2.46. The minimum atomic E-state index is -5.56. The molecule has 0 aliphatic carbocycles. The standard InChI is InChI=1S/C12H14ClF3N2O4S/c1-8(17-22-6-5-21-2)10-7-9(13)3-4-11(10)18-23(19,20)12(14,15)16/h3-4,7,18H,5-6H2,1-2H3/b17-8+. The van der Waals surface area contributed by atoms with Crippen LogP contribution in [0.4, 0.5) is 18.9 Å². The molecule has 0 amide bonds. The number of benzene rings is 1. The van der Waals surface area contributed by atoms with E-state index in [4.69, 9.17) is 21.2 Å². The lowest BCUT2D eigenvalue weighted by Crippen LogP contribution is -2.30. The normalized spacial score (nSPS) is 13.0. The van der Waals surface area contributed by atoms with E-state index in [1.165, 1.54) is 30.9 Å². The van der Waals surface area contributed by atoms with Crippen LogP contribution >= 0.6 is 11.6 Å². The molecule has 130 valence electrons. The first-order valence-electron chi connectivity index (χ1n) is 6.13. The van der Waals surface area contributed by atoms with Crippen molar-refractivity contribution in [1.29, 1.82) is 0 Å². The summed E-state index contributed by atoms with van der Waals surface area (Å²) < 4.78 is 66.1. The van der Waals surface area contributed by atoms with Crippen LogP contribution in [0.2, 0.25) is 5.02 Å². The number of halogens is 4. The van der Waals surface area contributed by atoms with Crippen LogP contribution in [0, 0.1) is 0 Å². The van der Waals surface area contributed by atoms with Gasteiger partial charge in [-0.15, -0.1) is 0 Å². The molecule has 0 aromatic heterocycles. The second kappa shape index (κ2) is 7.84. The van der Waals surface area contributed by atoms with Gasteiger partial charge in [0.1, 0.15) is 6.61 Å². The summed E-state index contributed by atoms with van der Waals surface area (Å²) in [6, 6.07) is 3.63. The molecule has 0 unspecified atom stereocenters. The number of nitrogens with zero attached hydrogens (tertiary/aromatic N) is 1. The second-order valence-corrected chi connectivity index (χ2v) is 6.35. The SMILES string of the molecule is COCCO/N=C(\C)c1cc(Cl)ccc1NS(=O)(=O)C(F)(F)F. The Kier molecular flexibility index (Phi) is 6.66. The smallest absolute Gasteiger partial charge is 0.393 e. The number of rotatable bonds is 7. The fraction of sp³-hybridized carbons (Fsp3) is 0.417. The molecule has 0 aliphatic rings. The number of oxime groups is 1. The average molecular weight is 375 g/mol. The number of hydrogen-bond donors (Lipinski definition) is 1. The van der Waals surface area contributed by atoms with Gasteiger partial charge < -0.3 is 9.57 Å². The molecule has 0 saturated carbocycles. The molecule has 0 fully saturated rings. The van der Waals surface area contributed by atoms with Gasteiger partial charge in [-0.1, -0.05) is 16.8 Å². The summed E-state index contributed by atoms with van der Waals surface area (Å²) in [4.78, 5) is 4.90. The van der Waals surface area contributed by atoms with Crippen molar-refractivity contribution >= 4 is 33.0 Å². The van der Waals surface area contributed by atoms with Crippen LogP contribution in [0.5, 0.6) is 0 Å². The summed E-state index contributed by atoms with van der Waals surface area (Å²) in [5.74, 6) is 0. The zero-order valence-electron chi connectivity index (χ0n) is 12.1. The van der Waals surface area contributed by atoms with Crippen LogP contribution in [0.25, 0.3) is 0 Å². The molecular formula is C12H14ClF3N2O4S. The monoisotopic (exact) mass is 374 g/mol. The molecule has 23 heavy (non-hydrogen) atoms. The zero-order chi connectivity index (χ0) is 17.7. The lowest BCUT2D eigenvalue weighted by molar-refractivity contribution is -0.0429. The Morgan fingerprint density at radius 1 is 1.35 bits per heavy atom. The molecule has 0 aliphatic heterocycles. The van der Waals surface area contributed by atoms with Crippen molar-refractivity contribution in [2.24, 2.45) is 5.16 Å². The van der Waals surface area contributed by atoms with Crippen molar-refractivity contribution in [3.63, 3.8) is 0 Å². The first kappa shape index (κ1) is 19.5. The number of sulfonamides is 1. The highest BCUT2D eigenvalue weighted by molar-refractivity contribution is 7.93. The van der Waals surface area contributed by atoms with Gasteiger partial charge in [-0.25, -0.2) is 0 Å². The summed E-state index contributed by atoms with van der Waals surface area (Å²) in [5, 5.41) is 3.88. The fourth-order valence-electron chi connectivity index (χ4n) is 1.42. The van der Waals surface area contributed by atoms with E-state index in [0.29, 0.717) is 0 Å². The Morgan fingerprint density at radius 2 is 2.00 bits per heavy atom. The number of ether oxygens (including phenoxy) is 1. The van der Waals surface area contributed by atoms with Crippen molar-refractivity contribution in [3.8, 4) is 0 Å². The van der Waals surface area contributed by atoms with Crippen LogP contribution in [0.3, 0.4) is 0 Å². The lowest BCUT2D eigenvalue weighted by Gasteiger charge is -2.14. The van der Waals surface area contributed by atoms with Crippen molar-refractivity contribution in [2.45, 2.75) is 12.4 Å². The van der Waals surface area contributed by atoms with Gasteiger partial charge in [-0.05, 0) is 25.1 Å². The number of hydrogen-bond acceptors (Lipinski definition) is 5. The minimum Gasteiger partial charge on any atom is -0.393 e. The summed E-state index contributed by atoms with van der Waals surface area (Å²) >= 11 is 5.79. The van der Waals surface area contributed by atoms with Gasteiger partial charge in [0, 0.05) is 17.7 Å². The van der Waals surface area contributed by atoms with Crippen LogP contribution in [0.1, 0.15) is 12.5 Å². The van der Waals surface area contributed by atoms with Gasteiger partial charge >= 0.3 is 15.5 Å². The number of anilines is 1. The first-order valence-corrected chi connectivity index (χ1v) is 7.99. The maximum Gasteiger partial charge on any atom is 0.516 e. The third-order valence-corrected chi connectivity index (χ3v) is 3.83. The molecule has 1 aromatic carbocycles. The second-order valence-electron chi connectivity index (χ2n) is 4.24. The van der Waals surface area contributed by atoms with Crippen molar-refractivity contribution in [1.82, 2.24) is 0 Å². The maximum absolute atomic E-state index is 12.5. The van der Waals surface area contributed by atoms with E-state index >= 15 is 0 Å². The van der Waals surface area contributed by atoms with E-state index in [9.17, 15) is 21.6 Å². The van der Waals surface area contributed by atoms with E-state index in [0.717, 1.165) is 6.07 Å². The number of nitrogens with one attached hydrogen (secondary N) is 1. The summed E-state index contributed by atoms with van der Waals surface area (Å²) in [5.41, 5.74) is -5.56. The predicted molar refractivity (Wildman–Crippen MR) is 80.1 cm³/mol. The average Bonchev–Trinajstić information content (AvgIpc) is 2.44. The lowest BCUT2D eigenvalue weighted by atomic mass is 10.1. The maximum atomic E-state index is 12.5. The molecule has 0 radical (unpaired) electrons. The van der Waals surface area contributed by atoms with Crippen molar-refractivity contribution in [2.75, 3.05) is 25.0 Å². The fourth-order valence-corrected chi connectivity index (χ4v) is 2.18. The van der Waals surface area contributed by atoms with Gasteiger partial charge in [-0.2, -0.15) is 21.6 Å². The molecule has 1 aromatic rings. The van der Waals surface area contributed by atoms with Crippen molar-refractivity contribution < 1.29 is 31.2 Å². The van der Waals surface area contributed by atoms with Gasteiger partial charge in [0.15, 0.2) is 0 Å². The molecule has 1 N–H and O–H groups in total. The van der Waals surface area contributed by atoms with E-state index in [-0.39, 0.29) is 35.2 Å². The highest BCUT2D eigenvalue weighted by Crippen LogP contribution is 2.28. The van der Waals surface area contributed by atoms with Crippen molar-refractivity contribution in [3.05, 3.63) is 28.8 Å².